The lowest BCUT2D eigenvalue weighted by Crippen LogP contribution is -2.07. The molecule has 6 heteroatoms. The summed E-state index contributed by atoms with van der Waals surface area (Å²) in [6.45, 7) is 0. The molecule has 0 radical (unpaired) electrons. The minimum absolute atomic E-state index is 0.0601. The standard InChI is InChI=1S/C11H8ClF2NO2/c1-17-11(16)9-2-6(4-12)8(10(13)14)3-7(9)5-15/h2-3,10H,4H2,1H3. The van der Waals surface area contributed by atoms with Crippen LogP contribution >= 0.6 is 11.6 Å². The first-order valence-electron chi connectivity index (χ1n) is 4.54. The summed E-state index contributed by atoms with van der Waals surface area (Å²) in [7, 11) is 1.14. The Bertz CT molecular complexity index is 483. The van der Waals surface area contributed by atoms with Crippen LogP contribution < -0.4 is 0 Å². The van der Waals surface area contributed by atoms with Crippen LogP contribution in [0.4, 0.5) is 8.78 Å². The Labute approximate surface area is 102 Å². The van der Waals surface area contributed by atoms with Gasteiger partial charge in [0, 0.05) is 11.4 Å². The number of methoxy groups -OCH3 is 1. The van der Waals surface area contributed by atoms with E-state index in [1.54, 1.807) is 6.07 Å². The average Bonchev–Trinajstić information content (AvgIpc) is 2.35. The number of esters is 1. The van der Waals surface area contributed by atoms with Crippen LogP contribution in [0.5, 0.6) is 0 Å². The van der Waals surface area contributed by atoms with Gasteiger partial charge in [-0.15, -0.1) is 11.6 Å². The number of ether oxygens (including phenoxy) is 1. The normalized spacial score (nSPS) is 10.1. The number of rotatable bonds is 3. The molecule has 0 aliphatic heterocycles. The zero-order valence-electron chi connectivity index (χ0n) is 8.84. The van der Waals surface area contributed by atoms with Crippen LogP contribution in [0, 0.1) is 11.3 Å². The van der Waals surface area contributed by atoms with Crippen molar-refractivity contribution in [1.29, 1.82) is 5.26 Å². The molecule has 0 spiro atoms. The number of hydrogen-bond donors (Lipinski definition) is 0. The number of carbonyl (C=O) groups excluding carboxylic acids is 1. The maximum absolute atomic E-state index is 12.7. The van der Waals surface area contributed by atoms with Crippen LogP contribution in [-0.4, -0.2) is 13.1 Å². The van der Waals surface area contributed by atoms with Crippen molar-refractivity contribution in [3.63, 3.8) is 0 Å². The molecular formula is C11H8ClF2NO2. The van der Waals surface area contributed by atoms with Gasteiger partial charge in [0.2, 0.25) is 0 Å². The minimum atomic E-state index is -2.75. The zero-order valence-corrected chi connectivity index (χ0v) is 9.59. The second-order valence-electron chi connectivity index (χ2n) is 3.13. The van der Waals surface area contributed by atoms with E-state index in [1.165, 1.54) is 6.07 Å². The van der Waals surface area contributed by atoms with E-state index in [-0.39, 0.29) is 28.1 Å². The van der Waals surface area contributed by atoms with Gasteiger partial charge in [0.1, 0.15) is 6.07 Å². The Hall–Kier alpha value is -1.67. The van der Waals surface area contributed by atoms with Gasteiger partial charge in [-0.2, -0.15) is 5.26 Å². The SMILES string of the molecule is COC(=O)c1cc(CCl)c(C(F)F)cc1C#N. The lowest BCUT2D eigenvalue weighted by Gasteiger charge is -2.10. The fraction of sp³-hybridized carbons (Fsp3) is 0.273. The summed E-state index contributed by atoms with van der Waals surface area (Å²) in [6.07, 6.45) is -2.75. The van der Waals surface area contributed by atoms with Crippen molar-refractivity contribution in [3.8, 4) is 6.07 Å². The van der Waals surface area contributed by atoms with Crippen molar-refractivity contribution < 1.29 is 18.3 Å². The molecule has 0 bridgehead atoms. The van der Waals surface area contributed by atoms with Gasteiger partial charge in [-0.25, -0.2) is 13.6 Å². The van der Waals surface area contributed by atoms with Gasteiger partial charge >= 0.3 is 5.97 Å². The van der Waals surface area contributed by atoms with Crippen molar-refractivity contribution in [2.24, 2.45) is 0 Å². The highest BCUT2D eigenvalue weighted by atomic mass is 35.5. The molecule has 1 aromatic carbocycles. The summed E-state index contributed by atoms with van der Waals surface area (Å²) in [5.74, 6) is -0.927. The first kappa shape index (κ1) is 13.4. The predicted molar refractivity (Wildman–Crippen MR) is 57.0 cm³/mol. The van der Waals surface area contributed by atoms with Gasteiger partial charge in [0.25, 0.3) is 6.43 Å². The Morgan fingerprint density at radius 2 is 2.24 bits per heavy atom. The summed E-state index contributed by atoms with van der Waals surface area (Å²) in [5, 5.41) is 8.80. The van der Waals surface area contributed by atoms with Gasteiger partial charge in [-0.3, -0.25) is 0 Å². The monoisotopic (exact) mass is 259 g/mol. The van der Waals surface area contributed by atoms with Gasteiger partial charge in [-0.1, -0.05) is 0 Å². The third-order valence-corrected chi connectivity index (χ3v) is 2.47. The number of carbonyl (C=O) groups is 1. The summed E-state index contributed by atoms with van der Waals surface area (Å²) in [6, 6.07) is 3.81. The van der Waals surface area contributed by atoms with E-state index in [4.69, 9.17) is 16.9 Å². The van der Waals surface area contributed by atoms with E-state index in [1.807, 2.05) is 0 Å². The fourth-order valence-electron chi connectivity index (χ4n) is 1.35. The second kappa shape index (κ2) is 5.60. The molecule has 0 aromatic heterocycles. The van der Waals surface area contributed by atoms with Crippen LogP contribution in [-0.2, 0) is 10.6 Å². The Morgan fingerprint density at radius 3 is 2.65 bits per heavy atom. The molecule has 0 fully saturated rings. The highest BCUT2D eigenvalue weighted by molar-refractivity contribution is 6.17. The maximum Gasteiger partial charge on any atom is 0.339 e. The molecule has 0 heterocycles. The summed E-state index contributed by atoms with van der Waals surface area (Å²) >= 11 is 5.52. The van der Waals surface area contributed by atoms with E-state index < -0.39 is 12.4 Å². The molecule has 0 saturated carbocycles. The first-order valence-corrected chi connectivity index (χ1v) is 5.08. The topological polar surface area (TPSA) is 50.1 Å². The Balaban J connectivity index is 3.44. The molecule has 0 unspecified atom stereocenters. The molecule has 0 saturated heterocycles. The van der Waals surface area contributed by atoms with Crippen LogP contribution in [0.2, 0.25) is 0 Å². The quantitative estimate of drug-likeness (QED) is 0.619. The molecule has 0 aliphatic rings. The molecule has 3 nitrogen and oxygen atoms in total. The maximum atomic E-state index is 12.7. The predicted octanol–water partition coefficient (Wildman–Crippen LogP) is 3.02. The smallest absolute Gasteiger partial charge is 0.339 e. The van der Waals surface area contributed by atoms with Crippen LogP contribution in [0.1, 0.15) is 33.5 Å². The van der Waals surface area contributed by atoms with E-state index in [0.717, 1.165) is 13.2 Å². The van der Waals surface area contributed by atoms with Gasteiger partial charge in [-0.05, 0) is 17.7 Å². The molecule has 0 N–H and O–H groups in total. The number of benzene rings is 1. The molecule has 0 aliphatic carbocycles. The highest BCUT2D eigenvalue weighted by Crippen LogP contribution is 2.27. The summed E-state index contributed by atoms with van der Waals surface area (Å²) in [4.78, 5) is 11.3. The Morgan fingerprint density at radius 1 is 1.59 bits per heavy atom. The largest absolute Gasteiger partial charge is 0.465 e. The third kappa shape index (κ3) is 2.71. The average molecular weight is 260 g/mol. The minimum Gasteiger partial charge on any atom is -0.465 e. The van der Waals surface area contributed by atoms with Gasteiger partial charge < -0.3 is 4.74 Å². The molecular weight excluding hydrogens is 252 g/mol. The third-order valence-electron chi connectivity index (χ3n) is 2.18. The van der Waals surface area contributed by atoms with Crippen LogP contribution in [0.15, 0.2) is 12.1 Å². The molecule has 1 rings (SSSR count). The number of halogens is 3. The van der Waals surface area contributed by atoms with Crippen molar-refractivity contribution in [2.75, 3.05) is 7.11 Å². The van der Waals surface area contributed by atoms with Crippen molar-refractivity contribution in [1.82, 2.24) is 0 Å². The molecule has 1 aromatic rings. The summed E-state index contributed by atoms with van der Waals surface area (Å²) in [5.41, 5.74) is -0.443. The van der Waals surface area contributed by atoms with E-state index in [9.17, 15) is 13.6 Å². The summed E-state index contributed by atoms with van der Waals surface area (Å²) < 4.78 is 29.8. The zero-order chi connectivity index (χ0) is 13.0. The van der Waals surface area contributed by atoms with Crippen LogP contribution in [0.25, 0.3) is 0 Å². The van der Waals surface area contributed by atoms with Gasteiger partial charge in [0.15, 0.2) is 0 Å². The molecule has 0 amide bonds. The number of hydrogen-bond acceptors (Lipinski definition) is 3. The lowest BCUT2D eigenvalue weighted by molar-refractivity contribution is 0.0600. The molecule has 17 heavy (non-hydrogen) atoms. The number of nitrogens with zero attached hydrogens (tertiary/aromatic N) is 1. The van der Waals surface area contributed by atoms with Crippen molar-refractivity contribution in [3.05, 3.63) is 34.4 Å². The number of alkyl halides is 3. The van der Waals surface area contributed by atoms with Crippen LogP contribution in [0.3, 0.4) is 0 Å². The Kier molecular flexibility index (Phi) is 4.41. The molecule has 0 atom stereocenters. The fourth-order valence-corrected chi connectivity index (χ4v) is 1.58. The van der Waals surface area contributed by atoms with Crippen molar-refractivity contribution in [2.45, 2.75) is 12.3 Å². The van der Waals surface area contributed by atoms with Gasteiger partial charge in [0.05, 0.1) is 18.2 Å². The second-order valence-corrected chi connectivity index (χ2v) is 3.40. The van der Waals surface area contributed by atoms with E-state index in [0.29, 0.717) is 0 Å². The van der Waals surface area contributed by atoms with E-state index >= 15 is 0 Å². The number of nitriles is 1. The lowest BCUT2D eigenvalue weighted by atomic mass is 10.00. The van der Waals surface area contributed by atoms with E-state index in [2.05, 4.69) is 4.74 Å². The molecule has 90 valence electrons. The van der Waals surface area contributed by atoms with Crippen molar-refractivity contribution >= 4 is 17.6 Å². The first-order chi connectivity index (χ1) is 8.04. The highest BCUT2D eigenvalue weighted by Gasteiger charge is 2.19.